The summed E-state index contributed by atoms with van der Waals surface area (Å²) in [4.78, 5) is 22.7. The molecule has 1 amide bonds. The van der Waals surface area contributed by atoms with Gasteiger partial charge in [0.05, 0.1) is 13.2 Å². The first-order valence-corrected chi connectivity index (χ1v) is 7.12. The van der Waals surface area contributed by atoms with E-state index in [-0.39, 0.29) is 30.7 Å². The molecule has 21 heavy (non-hydrogen) atoms. The summed E-state index contributed by atoms with van der Waals surface area (Å²) in [7, 11) is 1.60. The van der Waals surface area contributed by atoms with Gasteiger partial charge in [0.1, 0.15) is 5.75 Å². The summed E-state index contributed by atoms with van der Waals surface area (Å²) in [6, 6.07) is 7.43. The Hall–Kier alpha value is -2.04. The molecule has 1 aromatic carbocycles. The fourth-order valence-corrected chi connectivity index (χ4v) is 2.29. The molecule has 116 valence electrons. The maximum Gasteiger partial charge on any atom is 0.303 e. The van der Waals surface area contributed by atoms with Gasteiger partial charge >= 0.3 is 5.97 Å². The van der Waals surface area contributed by atoms with Gasteiger partial charge in [-0.3, -0.25) is 9.59 Å². The number of carbonyl (C=O) groups excluding carboxylic acids is 1. The van der Waals surface area contributed by atoms with Gasteiger partial charge in [0.25, 0.3) is 0 Å². The number of amides is 1. The fourth-order valence-electron chi connectivity index (χ4n) is 2.29. The van der Waals surface area contributed by atoms with E-state index < -0.39 is 5.97 Å². The van der Waals surface area contributed by atoms with E-state index in [4.69, 9.17) is 9.84 Å². The van der Waals surface area contributed by atoms with Crippen molar-refractivity contribution >= 4 is 11.9 Å². The Kier molecular flexibility index (Phi) is 6.72. The Morgan fingerprint density at radius 2 is 1.95 bits per heavy atom. The average molecular weight is 293 g/mol. The highest BCUT2D eigenvalue weighted by molar-refractivity contribution is 5.77. The third kappa shape index (κ3) is 5.45. The average Bonchev–Trinajstić information content (AvgIpc) is 2.43. The van der Waals surface area contributed by atoms with Crippen LogP contribution in [0.4, 0.5) is 0 Å². The molecular formula is C16H23NO4. The van der Waals surface area contributed by atoms with Crippen molar-refractivity contribution in [3.8, 4) is 5.75 Å². The number of rotatable bonds is 8. The van der Waals surface area contributed by atoms with Gasteiger partial charge in [-0.15, -0.1) is 0 Å². The molecule has 0 aliphatic carbocycles. The standard InChI is InChI=1S/C16H23NO4/c1-4-13(12-7-5-6-8-14(12)21-3)17-15(18)9-11(2)10-16(19)20/h5-8,11,13H,4,9-10H2,1-3H3,(H,17,18)(H,19,20). The van der Waals surface area contributed by atoms with E-state index in [9.17, 15) is 9.59 Å². The van der Waals surface area contributed by atoms with Gasteiger partial charge in [-0.05, 0) is 18.4 Å². The molecule has 2 unspecified atom stereocenters. The van der Waals surface area contributed by atoms with Crippen LogP contribution in [0.2, 0.25) is 0 Å². The van der Waals surface area contributed by atoms with Crippen molar-refractivity contribution in [2.45, 2.75) is 39.2 Å². The van der Waals surface area contributed by atoms with Crippen LogP contribution in [-0.2, 0) is 9.59 Å². The van der Waals surface area contributed by atoms with Crippen molar-refractivity contribution in [1.82, 2.24) is 5.32 Å². The molecule has 0 saturated carbocycles. The third-order valence-corrected chi connectivity index (χ3v) is 3.31. The Bertz CT molecular complexity index is 487. The SMILES string of the molecule is CCC(NC(=O)CC(C)CC(=O)O)c1ccccc1OC. The van der Waals surface area contributed by atoms with Crippen LogP contribution < -0.4 is 10.1 Å². The zero-order chi connectivity index (χ0) is 15.8. The van der Waals surface area contributed by atoms with Crippen molar-refractivity contribution in [1.29, 1.82) is 0 Å². The second-order valence-electron chi connectivity index (χ2n) is 5.18. The minimum Gasteiger partial charge on any atom is -0.496 e. The van der Waals surface area contributed by atoms with E-state index in [1.54, 1.807) is 14.0 Å². The van der Waals surface area contributed by atoms with Crippen LogP contribution in [0, 0.1) is 5.92 Å². The molecular weight excluding hydrogens is 270 g/mol. The molecule has 1 rings (SSSR count). The van der Waals surface area contributed by atoms with Gasteiger partial charge in [0, 0.05) is 18.4 Å². The maximum absolute atomic E-state index is 12.0. The number of carbonyl (C=O) groups is 2. The molecule has 2 N–H and O–H groups in total. The second kappa shape index (κ2) is 8.29. The number of methoxy groups -OCH3 is 1. The van der Waals surface area contributed by atoms with Crippen molar-refractivity contribution in [3.63, 3.8) is 0 Å². The Morgan fingerprint density at radius 1 is 1.29 bits per heavy atom. The van der Waals surface area contributed by atoms with Crippen LogP contribution in [0.3, 0.4) is 0 Å². The second-order valence-corrected chi connectivity index (χ2v) is 5.18. The molecule has 1 aromatic rings. The topological polar surface area (TPSA) is 75.6 Å². The van der Waals surface area contributed by atoms with E-state index in [1.807, 2.05) is 31.2 Å². The molecule has 5 heteroatoms. The van der Waals surface area contributed by atoms with Crippen LogP contribution in [0.5, 0.6) is 5.75 Å². The molecule has 0 aliphatic heterocycles. The molecule has 0 saturated heterocycles. The molecule has 0 spiro atoms. The summed E-state index contributed by atoms with van der Waals surface area (Å²) in [6.45, 7) is 3.75. The van der Waals surface area contributed by atoms with Gasteiger partial charge in [0.2, 0.25) is 5.91 Å². The van der Waals surface area contributed by atoms with Crippen molar-refractivity contribution in [2.24, 2.45) is 5.92 Å². The van der Waals surface area contributed by atoms with E-state index in [0.29, 0.717) is 0 Å². The van der Waals surface area contributed by atoms with Crippen LogP contribution in [0.15, 0.2) is 24.3 Å². The smallest absolute Gasteiger partial charge is 0.303 e. The van der Waals surface area contributed by atoms with Gasteiger partial charge < -0.3 is 15.2 Å². The van der Waals surface area contributed by atoms with Crippen molar-refractivity contribution in [2.75, 3.05) is 7.11 Å². The number of carboxylic acids is 1. The lowest BCUT2D eigenvalue weighted by Crippen LogP contribution is -2.30. The number of para-hydroxylation sites is 1. The zero-order valence-corrected chi connectivity index (χ0v) is 12.8. The van der Waals surface area contributed by atoms with Crippen LogP contribution in [-0.4, -0.2) is 24.1 Å². The molecule has 0 radical (unpaired) electrons. The number of aliphatic carboxylic acids is 1. The lowest BCUT2D eigenvalue weighted by molar-refractivity contribution is -0.138. The lowest BCUT2D eigenvalue weighted by atomic mass is 10.0. The van der Waals surface area contributed by atoms with Crippen LogP contribution in [0.25, 0.3) is 0 Å². The van der Waals surface area contributed by atoms with E-state index >= 15 is 0 Å². The number of carboxylic acid groups (broad SMARTS) is 1. The summed E-state index contributed by atoms with van der Waals surface area (Å²) in [5.41, 5.74) is 0.932. The van der Waals surface area contributed by atoms with Crippen LogP contribution in [0.1, 0.15) is 44.7 Å². The molecule has 0 fully saturated rings. The molecule has 0 aromatic heterocycles. The fraction of sp³-hybridized carbons (Fsp3) is 0.500. The predicted octanol–water partition coefficient (Wildman–Crippen LogP) is 2.76. The number of hydrogen-bond acceptors (Lipinski definition) is 3. The minimum atomic E-state index is -0.882. The number of ether oxygens (including phenoxy) is 1. The summed E-state index contributed by atoms with van der Waals surface area (Å²) in [5, 5.41) is 11.7. The Balaban J connectivity index is 2.69. The quantitative estimate of drug-likeness (QED) is 0.772. The largest absolute Gasteiger partial charge is 0.496 e. The Morgan fingerprint density at radius 3 is 2.52 bits per heavy atom. The van der Waals surface area contributed by atoms with E-state index in [1.165, 1.54) is 0 Å². The van der Waals surface area contributed by atoms with E-state index in [0.717, 1.165) is 17.7 Å². The summed E-state index contributed by atoms with van der Waals surface area (Å²) < 4.78 is 5.31. The van der Waals surface area contributed by atoms with Crippen molar-refractivity contribution < 1.29 is 19.4 Å². The predicted molar refractivity (Wildman–Crippen MR) is 80.2 cm³/mol. The first-order valence-electron chi connectivity index (χ1n) is 7.12. The normalized spacial score (nSPS) is 13.3. The molecule has 0 aliphatic rings. The van der Waals surface area contributed by atoms with Gasteiger partial charge in [-0.2, -0.15) is 0 Å². The van der Waals surface area contributed by atoms with E-state index in [2.05, 4.69) is 5.32 Å². The number of benzene rings is 1. The third-order valence-electron chi connectivity index (χ3n) is 3.31. The first kappa shape index (κ1) is 17.0. The molecule has 0 heterocycles. The Labute approximate surface area is 125 Å². The summed E-state index contributed by atoms with van der Waals surface area (Å²) in [5.74, 6) is -0.463. The molecule has 0 bridgehead atoms. The summed E-state index contributed by atoms with van der Waals surface area (Å²) in [6.07, 6.45) is 0.941. The summed E-state index contributed by atoms with van der Waals surface area (Å²) >= 11 is 0. The highest BCUT2D eigenvalue weighted by Crippen LogP contribution is 2.27. The van der Waals surface area contributed by atoms with Gasteiger partial charge in [-0.25, -0.2) is 0 Å². The number of hydrogen-bond donors (Lipinski definition) is 2. The highest BCUT2D eigenvalue weighted by Gasteiger charge is 2.18. The molecule has 2 atom stereocenters. The highest BCUT2D eigenvalue weighted by atomic mass is 16.5. The lowest BCUT2D eigenvalue weighted by Gasteiger charge is -2.20. The van der Waals surface area contributed by atoms with Crippen LogP contribution >= 0.6 is 0 Å². The van der Waals surface area contributed by atoms with Crippen molar-refractivity contribution in [3.05, 3.63) is 29.8 Å². The monoisotopic (exact) mass is 293 g/mol. The minimum absolute atomic E-state index is 0.00112. The number of nitrogens with one attached hydrogen (secondary N) is 1. The molecule has 5 nitrogen and oxygen atoms in total. The van der Waals surface area contributed by atoms with Gasteiger partial charge in [0.15, 0.2) is 0 Å². The first-order chi connectivity index (χ1) is 9.97. The maximum atomic E-state index is 12.0. The zero-order valence-electron chi connectivity index (χ0n) is 12.8. The van der Waals surface area contributed by atoms with Gasteiger partial charge in [-0.1, -0.05) is 32.0 Å².